The number of anilines is 1. The third-order valence-electron chi connectivity index (χ3n) is 4.65. The van der Waals surface area contributed by atoms with Crippen molar-refractivity contribution in [2.75, 3.05) is 11.9 Å². The number of nitrogens with zero attached hydrogens (tertiary/aromatic N) is 2. The molecule has 8 heteroatoms. The third-order valence-corrected chi connectivity index (χ3v) is 6.04. The minimum Gasteiger partial charge on any atom is -0.352 e. The number of nitrogens with one attached hydrogen (secondary N) is 2. The zero-order valence-electron chi connectivity index (χ0n) is 16.9. The highest BCUT2D eigenvalue weighted by molar-refractivity contribution is 9.10. The Morgan fingerprint density at radius 3 is 2.31 bits per heavy atom. The number of carbonyl (C=O) groups excluding carboxylic acids is 2. The summed E-state index contributed by atoms with van der Waals surface area (Å²) in [6, 6.07) is 24.6. The van der Waals surface area contributed by atoms with Crippen LogP contribution in [0.1, 0.15) is 25.7 Å². The highest BCUT2D eigenvalue weighted by atomic mass is 79.9. The van der Waals surface area contributed by atoms with Gasteiger partial charge in [-0.25, -0.2) is 0 Å². The van der Waals surface area contributed by atoms with Crippen LogP contribution in [0.25, 0.3) is 11.1 Å². The lowest BCUT2D eigenvalue weighted by molar-refractivity contribution is 0.0953. The molecule has 0 unspecified atom stereocenters. The lowest BCUT2D eigenvalue weighted by Gasteiger charge is -2.04. The van der Waals surface area contributed by atoms with E-state index in [0.717, 1.165) is 20.6 Å². The maximum atomic E-state index is 12.5. The monoisotopic (exact) mass is 506 g/mol. The van der Waals surface area contributed by atoms with Crippen LogP contribution in [0.2, 0.25) is 0 Å². The lowest BCUT2D eigenvalue weighted by atomic mass is 10.0. The number of hydrogen-bond acceptors (Lipinski definition) is 5. The van der Waals surface area contributed by atoms with E-state index in [0.29, 0.717) is 29.2 Å². The Hall–Kier alpha value is -3.36. The van der Waals surface area contributed by atoms with Crippen molar-refractivity contribution in [3.8, 4) is 11.1 Å². The summed E-state index contributed by atoms with van der Waals surface area (Å²) in [5.41, 5.74) is 3.27. The van der Waals surface area contributed by atoms with Crippen LogP contribution in [-0.4, -0.2) is 28.6 Å². The summed E-state index contributed by atoms with van der Waals surface area (Å²) in [4.78, 5) is 24.7. The van der Waals surface area contributed by atoms with E-state index in [4.69, 9.17) is 0 Å². The van der Waals surface area contributed by atoms with Gasteiger partial charge < -0.3 is 5.32 Å². The number of halogens is 1. The van der Waals surface area contributed by atoms with E-state index in [2.05, 4.69) is 36.8 Å². The second-order valence-corrected chi connectivity index (χ2v) is 8.89. The number of rotatable bonds is 7. The molecule has 0 aliphatic rings. The maximum absolute atomic E-state index is 12.5. The van der Waals surface area contributed by atoms with Crippen LogP contribution in [0.15, 0.2) is 83.3 Å². The molecule has 0 fully saturated rings. The topological polar surface area (TPSA) is 84.0 Å². The second-order valence-electron chi connectivity index (χ2n) is 6.91. The van der Waals surface area contributed by atoms with Crippen molar-refractivity contribution in [3.05, 3.63) is 99.5 Å². The molecule has 1 heterocycles. The first-order chi connectivity index (χ1) is 15.6. The fourth-order valence-corrected chi connectivity index (χ4v) is 4.17. The van der Waals surface area contributed by atoms with Crippen molar-refractivity contribution in [3.63, 3.8) is 0 Å². The summed E-state index contributed by atoms with van der Waals surface area (Å²) in [6.45, 7) is 0.425. The highest BCUT2D eigenvalue weighted by Gasteiger charge is 2.11. The van der Waals surface area contributed by atoms with Gasteiger partial charge in [0.25, 0.3) is 11.8 Å². The first-order valence-electron chi connectivity index (χ1n) is 9.91. The summed E-state index contributed by atoms with van der Waals surface area (Å²) < 4.78 is 0.851. The molecule has 0 saturated carbocycles. The third kappa shape index (κ3) is 5.66. The average molecular weight is 507 g/mol. The van der Waals surface area contributed by atoms with Crippen LogP contribution >= 0.6 is 27.3 Å². The first kappa shape index (κ1) is 21.9. The molecule has 0 bridgehead atoms. The van der Waals surface area contributed by atoms with Crippen LogP contribution in [-0.2, 0) is 6.42 Å². The summed E-state index contributed by atoms with van der Waals surface area (Å²) in [7, 11) is 0. The van der Waals surface area contributed by atoms with Gasteiger partial charge in [0.2, 0.25) is 5.13 Å². The van der Waals surface area contributed by atoms with E-state index in [9.17, 15) is 9.59 Å². The van der Waals surface area contributed by atoms with Gasteiger partial charge in [-0.15, -0.1) is 10.2 Å². The Kier molecular flexibility index (Phi) is 7.03. The molecule has 32 heavy (non-hydrogen) atoms. The number of amides is 2. The van der Waals surface area contributed by atoms with Gasteiger partial charge in [0, 0.05) is 28.6 Å². The number of aromatic nitrogens is 2. The molecule has 0 spiro atoms. The largest absolute Gasteiger partial charge is 0.352 e. The molecule has 4 aromatic rings. The predicted molar refractivity (Wildman–Crippen MR) is 130 cm³/mol. The average Bonchev–Trinajstić information content (AvgIpc) is 3.26. The molecule has 0 atom stereocenters. The van der Waals surface area contributed by atoms with Gasteiger partial charge in [-0.05, 0) is 41.5 Å². The molecule has 2 amide bonds. The molecule has 0 aliphatic carbocycles. The molecule has 0 aliphatic heterocycles. The highest BCUT2D eigenvalue weighted by Crippen LogP contribution is 2.21. The van der Waals surface area contributed by atoms with Gasteiger partial charge in [-0.1, -0.05) is 75.8 Å². The van der Waals surface area contributed by atoms with Gasteiger partial charge in [-0.3, -0.25) is 14.9 Å². The van der Waals surface area contributed by atoms with Crippen LogP contribution in [0.5, 0.6) is 0 Å². The zero-order valence-corrected chi connectivity index (χ0v) is 19.3. The molecular weight excluding hydrogens is 488 g/mol. The lowest BCUT2D eigenvalue weighted by Crippen LogP contribution is -2.25. The first-order valence-corrected chi connectivity index (χ1v) is 11.5. The molecule has 0 saturated heterocycles. The van der Waals surface area contributed by atoms with Gasteiger partial charge in [-0.2, -0.15) is 0 Å². The quantitative estimate of drug-likeness (QED) is 0.361. The van der Waals surface area contributed by atoms with Gasteiger partial charge in [0.15, 0.2) is 0 Å². The normalized spacial score (nSPS) is 10.5. The summed E-state index contributed by atoms with van der Waals surface area (Å²) in [5, 5.41) is 14.9. The van der Waals surface area contributed by atoms with E-state index in [1.165, 1.54) is 11.3 Å². The van der Waals surface area contributed by atoms with Crippen LogP contribution in [0.4, 0.5) is 5.13 Å². The Morgan fingerprint density at radius 2 is 1.56 bits per heavy atom. The Bertz CT molecular complexity index is 1230. The van der Waals surface area contributed by atoms with Crippen molar-refractivity contribution in [2.45, 2.75) is 6.42 Å². The SMILES string of the molecule is O=C(NCCc1nnc(NC(=O)c2ccc(-c3ccccc3)cc2)s1)c1cccc(Br)c1. The van der Waals surface area contributed by atoms with E-state index in [1.54, 1.807) is 24.3 Å². The van der Waals surface area contributed by atoms with Crippen LogP contribution in [0.3, 0.4) is 0 Å². The van der Waals surface area contributed by atoms with Crippen molar-refractivity contribution in [1.29, 1.82) is 0 Å². The number of benzene rings is 3. The van der Waals surface area contributed by atoms with Gasteiger partial charge in [0.05, 0.1) is 0 Å². The molecule has 4 rings (SSSR count). The number of hydrogen-bond donors (Lipinski definition) is 2. The fraction of sp³-hybridized carbons (Fsp3) is 0.0833. The van der Waals surface area contributed by atoms with Crippen LogP contribution in [0, 0.1) is 0 Å². The minimum atomic E-state index is -0.240. The zero-order chi connectivity index (χ0) is 22.3. The molecular formula is C24H19BrN4O2S. The Labute approximate surface area is 197 Å². The van der Waals surface area contributed by atoms with Crippen molar-refractivity contribution >= 4 is 44.2 Å². The van der Waals surface area contributed by atoms with E-state index in [1.807, 2.05) is 54.6 Å². The smallest absolute Gasteiger partial charge is 0.257 e. The van der Waals surface area contributed by atoms with Crippen molar-refractivity contribution < 1.29 is 9.59 Å². The Morgan fingerprint density at radius 1 is 0.812 bits per heavy atom. The molecule has 1 aromatic heterocycles. The summed E-state index contributed by atoms with van der Waals surface area (Å²) in [5.74, 6) is -0.390. The van der Waals surface area contributed by atoms with Crippen molar-refractivity contribution in [2.24, 2.45) is 0 Å². The van der Waals surface area contributed by atoms with E-state index in [-0.39, 0.29) is 11.8 Å². The summed E-state index contributed by atoms with van der Waals surface area (Å²) >= 11 is 4.65. The van der Waals surface area contributed by atoms with Crippen LogP contribution < -0.4 is 10.6 Å². The fourth-order valence-electron chi connectivity index (χ4n) is 3.03. The molecule has 3 aromatic carbocycles. The molecule has 2 N–H and O–H groups in total. The van der Waals surface area contributed by atoms with Gasteiger partial charge in [0.1, 0.15) is 5.01 Å². The molecule has 0 radical (unpaired) electrons. The molecule has 160 valence electrons. The number of carbonyl (C=O) groups is 2. The molecule has 6 nitrogen and oxygen atoms in total. The van der Waals surface area contributed by atoms with Crippen molar-refractivity contribution in [1.82, 2.24) is 15.5 Å². The minimum absolute atomic E-state index is 0.150. The van der Waals surface area contributed by atoms with Gasteiger partial charge >= 0.3 is 0 Å². The second kappa shape index (κ2) is 10.3. The predicted octanol–water partition coefficient (Wildman–Crippen LogP) is 5.19. The van der Waals surface area contributed by atoms with E-state index >= 15 is 0 Å². The Balaban J connectivity index is 1.29. The van der Waals surface area contributed by atoms with E-state index < -0.39 is 0 Å². The standard InChI is InChI=1S/C24H19BrN4O2S/c25-20-8-4-7-19(15-20)22(30)26-14-13-21-28-29-24(32-21)27-23(31)18-11-9-17(10-12-18)16-5-2-1-3-6-16/h1-12,15H,13-14H2,(H,26,30)(H,27,29,31). The maximum Gasteiger partial charge on any atom is 0.257 e. The summed E-state index contributed by atoms with van der Waals surface area (Å²) in [6.07, 6.45) is 0.527.